The Balaban J connectivity index is 2.09. The second kappa shape index (κ2) is 6.02. The molecule has 0 radical (unpaired) electrons. The highest BCUT2D eigenvalue weighted by Crippen LogP contribution is 2.16. The van der Waals surface area contributed by atoms with Gasteiger partial charge in [0.25, 0.3) is 0 Å². The molecule has 0 bridgehead atoms. The van der Waals surface area contributed by atoms with E-state index in [-0.39, 0.29) is 5.96 Å². The first-order valence-electron chi connectivity index (χ1n) is 6.66. The molecule has 0 saturated heterocycles. The van der Waals surface area contributed by atoms with E-state index >= 15 is 0 Å². The van der Waals surface area contributed by atoms with Crippen LogP contribution in [0.1, 0.15) is 19.3 Å². The maximum absolute atomic E-state index is 11.3. The van der Waals surface area contributed by atoms with Crippen LogP contribution in [-0.2, 0) is 14.4 Å². The average molecular weight is 311 g/mol. The van der Waals surface area contributed by atoms with Gasteiger partial charge >= 0.3 is 11.9 Å². The van der Waals surface area contributed by atoms with Crippen molar-refractivity contribution in [2.45, 2.75) is 24.9 Å². The standard InChI is InChI=1S/C12H17N5O5/c13-12(10(21)22,4-7(18)9(19)20)17-11-15-5-6-2-1-3-14-8(6)16-11/h14H,1-5,13H2,(H,19,20)(H,21,22)(H2,15,16,17)/t12-/m0/s1. The molecule has 2 rings (SSSR count). The molecule has 0 aromatic heterocycles. The van der Waals surface area contributed by atoms with Crippen LogP contribution in [0.15, 0.2) is 16.4 Å². The SMILES string of the molecule is N[C@@](CC(=O)C(=O)O)(NC1=NCC2=C(NCCC2)N1)C(=O)O. The van der Waals surface area contributed by atoms with E-state index in [9.17, 15) is 19.5 Å². The maximum atomic E-state index is 11.3. The van der Waals surface area contributed by atoms with Crippen molar-refractivity contribution < 1.29 is 24.6 Å². The minimum Gasteiger partial charge on any atom is -0.478 e. The maximum Gasteiger partial charge on any atom is 0.372 e. The van der Waals surface area contributed by atoms with Crippen molar-refractivity contribution in [3.05, 3.63) is 11.4 Å². The molecule has 10 nitrogen and oxygen atoms in total. The molecule has 0 spiro atoms. The summed E-state index contributed by atoms with van der Waals surface area (Å²) >= 11 is 0. The second-order valence-corrected chi connectivity index (χ2v) is 5.11. The average Bonchev–Trinajstić information content (AvgIpc) is 2.46. The topological polar surface area (TPSA) is 166 Å². The number of carbonyl (C=O) groups is 3. The molecule has 1 atom stereocenters. The molecular weight excluding hydrogens is 294 g/mol. The fourth-order valence-corrected chi connectivity index (χ4v) is 2.17. The molecule has 0 unspecified atom stereocenters. The Morgan fingerprint density at radius 1 is 1.36 bits per heavy atom. The zero-order valence-corrected chi connectivity index (χ0v) is 11.7. The Hall–Kier alpha value is -2.62. The number of carbonyl (C=O) groups excluding carboxylic acids is 1. The quantitative estimate of drug-likeness (QED) is 0.246. The van der Waals surface area contributed by atoms with Crippen molar-refractivity contribution in [2.24, 2.45) is 10.7 Å². The molecule has 120 valence electrons. The molecule has 22 heavy (non-hydrogen) atoms. The Morgan fingerprint density at radius 2 is 2.09 bits per heavy atom. The lowest BCUT2D eigenvalue weighted by Crippen LogP contribution is -2.65. The molecule has 0 aromatic rings. The second-order valence-electron chi connectivity index (χ2n) is 5.11. The third-order valence-electron chi connectivity index (χ3n) is 3.38. The van der Waals surface area contributed by atoms with Crippen LogP contribution in [0.2, 0.25) is 0 Å². The first-order valence-corrected chi connectivity index (χ1v) is 6.66. The van der Waals surface area contributed by atoms with Gasteiger partial charge in [0.05, 0.1) is 13.0 Å². The first kappa shape index (κ1) is 15.8. The number of carboxylic acids is 2. The molecule has 10 heteroatoms. The van der Waals surface area contributed by atoms with Crippen LogP contribution in [-0.4, -0.2) is 52.6 Å². The van der Waals surface area contributed by atoms with Crippen molar-refractivity contribution in [2.75, 3.05) is 13.1 Å². The van der Waals surface area contributed by atoms with E-state index < -0.39 is 29.8 Å². The van der Waals surface area contributed by atoms with E-state index in [1.54, 1.807) is 0 Å². The van der Waals surface area contributed by atoms with Gasteiger partial charge < -0.3 is 26.2 Å². The zero-order valence-electron chi connectivity index (χ0n) is 11.7. The van der Waals surface area contributed by atoms with Crippen molar-refractivity contribution in [1.82, 2.24) is 16.0 Å². The number of ketones is 1. The highest BCUT2D eigenvalue weighted by atomic mass is 16.4. The Labute approximate surface area is 125 Å². The Kier molecular flexibility index (Phi) is 4.31. The number of carboxylic acid groups (broad SMARTS) is 2. The van der Waals surface area contributed by atoms with Crippen molar-refractivity contribution in [1.29, 1.82) is 0 Å². The largest absolute Gasteiger partial charge is 0.478 e. The number of aliphatic imine (C=N–C) groups is 1. The first-order chi connectivity index (χ1) is 10.3. The van der Waals surface area contributed by atoms with Gasteiger partial charge in [-0.3, -0.25) is 10.5 Å². The summed E-state index contributed by atoms with van der Waals surface area (Å²) in [6.45, 7) is 1.16. The molecule has 2 heterocycles. The summed E-state index contributed by atoms with van der Waals surface area (Å²) < 4.78 is 0. The van der Waals surface area contributed by atoms with Gasteiger partial charge in [-0.15, -0.1) is 0 Å². The van der Waals surface area contributed by atoms with Crippen LogP contribution in [0.25, 0.3) is 0 Å². The number of hydrogen-bond acceptors (Lipinski definition) is 8. The number of Topliss-reactive ketones (excluding diaryl/α,β-unsaturated/α-hetero) is 1. The predicted molar refractivity (Wildman–Crippen MR) is 74.7 cm³/mol. The fourth-order valence-electron chi connectivity index (χ4n) is 2.17. The monoisotopic (exact) mass is 311 g/mol. The highest BCUT2D eigenvalue weighted by molar-refractivity contribution is 6.33. The molecule has 0 amide bonds. The number of aliphatic carboxylic acids is 2. The molecule has 0 fully saturated rings. The van der Waals surface area contributed by atoms with E-state index in [0.29, 0.717) is 6.54 Å². The Morgan fingerprint density at radius 3 is 2.73 bits per heavy atom. The number of guanidine groups is 1. The normalized spacial score (nSPS) is 19.8. The summed E-state index contributed by atoms with van der Waals surface area (Å²) in [5, 5.41) is 26.2. The van der Waals surface area contributed by atoms with Gasteiger partial charge in [0, 0.05) is 6.54 Å². The van der Waals surface area contributed by atoms with Crippen LogP contribution in [0, 0.1) is 0 Å². The zero-order chi connectivity index (χ0) is 16.3. The van der Waals surface area contributed by atoms with Gasteiger partial charge in [0.2, 0.25) is 5.78 Å². The van der Waals surface area contributed by atoms with Crippen LogP contribution < -0.4 is 21.7 Å². The van der Waals surface area contributed by atoms with Gasteiger partial charge in [-0.25, -0.2) is 14.6 Å². The minimum atomic E-state index is -2.26. The number of nitrogens with two attached hydrogens (primary N) is 1. The van der Waals surface area contributed by atoms with E-state index in [1.807, 2.05) is 0 Å². The van der Waals surface area contributed by atoms with Crippen LogP contribution in [0.3, 0.4) is 0 Å². The lowest BCUT2D eigenvalue weighted by Gasteiger charge is -2.31. The van der Waals surface area contributed by atoms with Crippen LogP contribution >= 0.6 is 0 Å². The molecule has 7 N–H and O–H groups in total. The lowest BCUT2D eigenvalue weighted by molar-refractivity contribution is -0.152. The summed E-state index contributed by atoms with van der Waals surface area (Å²) in [6.07, 6.45) is 0.968. The number of hydrogen-bond donors (Lipinski definition) is 6. The Bertz CT molecular complexity index is 584. The third-order valence-corrected chi connectivity index (χ3v) is 3.38. The minimum absolute atomic E-state index is 0.0799. The summed E-state index contributed by atoms with van der Waals surface area (Å²) in [7, 11) is 0. The number of rotatable bonds is 5. The lowest BCUT2D eigenvalue weighted by atomic mass is 10.0. The van der Waals surface area contributed by atoms with E-state index in [4.69, 9.17) is 10.8 Å². The van der Waals surface area contributed by atoms with Crippen molar-refractivity contribution in [3.8, 4) is 0 Å². The third kappa shape index (κ3) is 3.34. The smallest absolute Gasteiger partial charge is 0.372 e. The summed E-state index contributed by atoms with van der Waals surface area (Å²) in [4.78, 5) is 37.3. The van der Waals surface area contributed by atoms with E-state index in [0.717, 1.165) is 30.8 Å². The molecule has 0 aromatic carbocycles. The van der Waals surface area contributed by atoms with Crippen molar-refractivity contribution >= 4 is 23.7 Å². The van der Waals surface area contributed by atoms with Crippen molar-refractivity contribution in [3.63, 3.8) is 0 Å². The van der Waals surface area contributed by atoms with Gasteiger partial charge in [0.15, 0.2) is 11.6 Å². The fraction of sp³-hybridized carbons (Fsp3) is 0.500. The van der Waals surface area contributed by atoms with Gasteiger partial charge in [-0.05, 0) is 18.4 Å². The van der Waals surface area contributed by atoms with Gasteiger partial charge in [-0.2, -0.15) is 0 Å². The molecular formula is C12H17N5O5. The van der Waals surface area contributed by atoms with E-state index in [1.165, 1.54) is 0 Å². The predicted octanol–water partition coefficient (Wildman–Crippen LogP) is -2.09. The highest BCUT2D eigenvalue weighted by Gasteiger charge is 2.40. The summed E-state index contributed by atoms with van der Waals surface area (Å²) in [6, 6.07) is 0. The molecule has 0 aliphatic carbocycles. The van der Waals surface area contributed by atoms with Crippen LogP contribution in [0.5, 0.6) is 0 Å². The van der Waals surface area contributed by atoms with Gasteiger partial charge in [0.1, 0.15) is 5.82 Å². The number of nitrogens with one attached hydrogen (secondary N) is 3. The van der Waals surface area contributed by atoms with Crippen LogP contribution in [0.4, 0.5) is 0 Å². The number of nitrogens with zero attached hydrogens (tertiary/aromatic N) is 1. The summed E-state index contributed by atoms with van der Waals surface area (Å²) in [5.74, 6) is -3.78. The molecule has 2 aliphatic heterocycles. The molecule has 2 aliphatic rings. The molecule has 0 saturated carbocycles. The summed E-state index contributed by atoms with van der Waals surface area (Å²) in [5.41, 5.74) is 4.44. The van der Waals surface area contributed by atoms with E-state index in [2.05, 4.69) is 20.9 Å². The van der Waals surface area contributed by atoms with Gasteiger partial charge in [-0.1, -0.05) is 0 Å².